The molecule has 0 aliphatic heterocycles. The van der Waals surface area contributed by atoms with Crippen LogP contribution >= 0.6 is 11.3 Å². The molecular weight excluding hydrogens is 319 g/mol. The molecular formula is C13H14F3N3O2S. The van der Waals surface area contributed by atoms with Crippen LogP contribution in [0.3, 0.4) is 0 Å². The SMILES string of the molecule is O=C(NCCCc1cccs1)NCc1cc(C(F)(F)F)on1. The molecule has 2 N–H and O–H groups in total. The molecule has 0 fully saturated rings. The number of halogens is 3. The maximum atomic E-state index is 12.3. The monoisotopic (exact) mass is 333 g/mol. The van der Waals surface area contributed by atoms with Crippen LogP contribution < -0.4 is 10.6 Å². The summed E-state index contributed by atoms with van der Waals surface area (Å²) in [5.41, 5.74) is 0.0149. The van der Waals surface area contributed by atoms with Crippen molar-refractivity contribution in [1.82, 2.24) is 15.8 Å². The zero-order chi connectivity index (χ0) is 16.0. The third kappa shape index (κ3) is 5.06. The molecule has 0 saturated heterocycles. The summed E-state index contributed by atoms with van der Waals surface area (Å²) in [5.74, 6) is -1.18. The maximum absolute atomic E-state index is 12.3. The van der Waals surface area contributed by atoms with Gasteiger partial charge in [-0.15, -0.1) is 11.3 Å². The number of urea groups is 1. The number of carbonyl (C=O) groups is 1. The van der Waals surface area contributed by atoms with Gasteiger partial charge in [-0.2, -0.15) is 13.2 Å². The van der Waals surface area contributed by atoms with Crippen LogP contribution in [0.2, 0.25) is 0 Å². The summed E-state index contributed by atoms with van der Waals surface area (Å²) >= 11 is 1.65. The van der Waals surface area contributed by atoms with Gasteiger partial charge in [0.15, 0.2) is 0 Å². The van der Waals surface area contributed by atoms with Crippen LogP contribution in [-0.4, -0.2) is 17.7 Å². The van der Waals surface area contributed by atoms with Crippen molar-refractivity contribution in [3.8, 4) is 0 Å². The molecule has 120 valence electrons. The Bertz CT molecular complexity index is 596. The molecule has 0 aromatic carbocycles. The van der Waals surface area contributed by atoms with Crippen LogP contribution in [0, 0.1) is 0 Å². The number of nitrogens with one attached hydrogen (secondary N) is 2. The zero-order valence-corrected chi connectivity index (χ0v) is 12.3. The maximum Gasteiger partial charge on any atom is 0.452 e. The van der Waals surface area contributed by atoms with Crippen molar-refractivity contribution in [2.75, 3.05) is 6.54 Å². The van der Waals surface area contributed by atoms with Crippen molar-refractivity contribution in [2.24, 2.45) is 0 Å². The highest BCUT2D eigenvalue weighted by Crippen LogP contribution is 2.29. The van der Waals surface area contributed by atoms with E-state index in [1.165, 1.54) is 4.88 Å². The quantitative estimate of drug-likeness (QED) is 0.798. The Morgan fingerprint density at radius 3 is 2.82 bits per heavy atom. The number of aryl methyl sites for hydroxylation is 1. The molecule has 9 heteroatoms. The predicted octanol–water partition coefficient (Wildman–Crippen LogP) is 3.19. The van der Waals surface area contributed by atoms with Gasteiger partial charge in [0.2, 0.25) is 5.76 Å². The fourth-order valence-corrected chi connectivity index (χ4v) is 2.43. The highest BCUT2D eigenvalue weighted by Gasteiger charge is 2.36. The molecule has 22 heavy (non-hydrogen) atoms. The Hall–Kier alpha value is -2.03. The average Bonchev–Trinajstić information content (AvgIpc) is 3.11. The molecule has 0 saturated carbocycles. The second-order valence-corrected chi connectivity index (χ2v) is 5.50. The number of rotatable bonds is 6. The van der Waals surface area contributed by atoms with E-state index in [9.17, 15) is 18.0 Å². The largest absolute Gasteiger partial charge is 0.452 e. The zero-order valence-electron chi connectivity index (χ0n) is 11.4. The Morgan fingerprint density at radius 2 is 2.18 bits per heavy atom. The summed E-state index contributed by atoms with van der Waals surface area (Å²) in [6, 6.07) is 4.29. The van der Waals surface area contributed by atoms with Crippen molar-refractivity contribution in [1.29, 1.82) is 0 Å². The first-order chi connectivity index (χ1) is 10.4. The molecule has 0 aliphatic rings. The van der Waals surface area contributed by atoms with Crippen molar-refractivity contribution in [3.05, 3.63) is 39.9 Å². The average molecular weight is 333 g/mol. The van der Waals surface area contributed by atoms with E-state index in [2.05, 4.69) is 20.3 Å². The lowest BCUT2D eigenvalue weighted by Gasteiger charge is -2.05. The van der Waals surface area contributed by atoms with E-state index in [0.717, 1.165) is 18.9 Å². The number of nitrogens with zero attached hydrogens (tertiary/aromatic N) is 1. The lowest BCUT2D eigenvalue weighted by atomic mass is 10.2. The molecule has 0 bridgehead atoms. The van der Waals surface area contributed by atoms with E-state index >= 15 is 0 Å². The molecule has 0 atom stereocenters. The van der Waals surface area contributed by atoms with Crippen molar-refractivity contribution >= 4 is 17.4 Å². The fraction of sp³-hybridized carbons (Fsp3) is 0.385. The van der Waals surface area contributed by atoms with Gasteiger partial charge in [-0.3, -0.25) is 0 Å². The number of aromatic nitrogens is 1. The summed E-state index contributed by atoms with van der Waals surface area (Å²) in [4.78, 5) is 12.7. The van der Waals surface area contributed by atoms with E-state index in [1.54, 1.807) is 11.3 Å². The molecule has 0 radical (unpaired) electrons. The smallest absolute Gasteiger partial charge is 0.351 e. The van der Waals surface area contributed by atoms with Crippen molar-refractivity contribution in [3.63, 3.8) is 0 Å². The minimum Gasteiger partial charge on any atom is -0.351 e. The third-order valence-corrected chi connectivity index (χ3v) is 3.67. The number of amides is 2. The second-order valence-electron chi connectivity index (χ2n) is 4.47. The molecule has 0 spiro atoms. The predicted molar refractivity (Wildman–Crippen MR) is 74.4 cm³/mol. The molecule has 0 unspecified atom stereocenters. The van der Waals surface area contributed by atoms with Gasteiger partial charge < -0.3 is 15.2 Å². The molecule has 2 amide bonds. The highest BCUT2D eigenvalue weighted by molar-refractivity contribution is 7.09. The van der Waals surface area contributed by atoms with E-state index in [0.29, 0.717) is 6.54 Å². The van der Waals surface area contributed by atoms with Gasteiger partial charge >= 0.3 is 12.2 Å². The lowest BCUT2D eigenvalue weighted by Crippen LogP contribution is -2.35. The van der Waals surface area contributed by atoms with E-state index in [4.69, 9.17) is 0 Å². The Morgan fingerprint density at radius 1 is 1.36 bits per heavy atom. The highest BCUT2D eigenvalue weighted by atomic mass is 32.1. The van der Waals surface area contributed by atoms with Crippen LogP contribution in [0.15, 0.2) is 28.1 Å². The molecule has 0 aliphatic carbocycles. The summed E-state index contributed by atoms with van der Waals surface area (Å²) in [6.07, 6.45) is -2.92. The first-order valence-corrected chi connectivity index (χ1v) is 7.40. The first kappa shape index (κ1) is 16.3. The third-order valence-electron chi connectivity index (χ3n) is 2.73. The van der Waals surface area contributed by atoms with Gasteiger partial charge in [0, 0.05) is 17.5 Å². The number of alkyl halides is 3. The van der Waals surface area contributed by atoms with Crippen molar-refractivity contribution in [2.45, 2.75) is 25.6 Å². The molecule has 2 aromatic heterocycles. The van der Waals surface area contributed by atoms with Gasteiger partial charge in [0.1, 0.15) is 5.69 Å². The van der Waals surface area contributed by atoms with E-state index in [1.807, 2.05) is 17.5 Å². The lowest BCUT2D eigenvalue weighted by molar-refractivity contribution is -0.155. The summed E-state index contributed by atoms with van der Waals surface area (Å²) in [5, 5.41) is 10.3. The number of hydrogen-bond acceptors (Lipinski definition) is 4. The summed E-state index contributed by atoms with van der Waals surface area (Å²) in [7, 11) is 0. The minimum atomic E-state index is -4.57. The number of carbonyl (C=O) groups excluding carboxylic acids is 1. The summed E-state index contributed by atoms with van der Waals surface area (Å²) in [6.45, 7) is 0.354. The molecule has 2 aromatic rings. The van der Waals surface area contributed by atoms with Gasteiger partial charge in [-0.1, -0.05) is 11.2 Å². The standard InChI is InChI=1S/C13H14F3N3O2S/c14-13(15,16)11-7-9(19-21-11)8-18-12(20)17-5-1-3-10-4-2-6-22-10/h2,4,6-7H,1,3,5,8H2,(H2,17,18,20). The van der Waals surface area contributed by atoms with Crippen LogP contribution in [0.5, 0.6) is 0 Å². The topological polar surface area (TPSA) is 67.2 Å². The molecule has 2 heterocycles. The van der Waals surface area contributed by atoms with Gasteiger partial charge in [-0.05, 0) is 24.3 Å². The number of hydrogen-bond donors (Lipinski definition) is 2. The minimum absolute atomic E-state index is 0.0149. The van der Waals surface area contributed by atoms with Gasteiger partial charge in [0.05, 0.1) is 6.54 Å². The fourth-order valence-electron chi connectivity index (χ4n) is 1.68. The summed E-state index contributed by atoms with van der Waals surface area (Å²) < 4.78 is 41.0. The second kappa shape index (κ2) is 7.30. The van der Waals surface area contributed by atoms with Crippen LogP contribution in [0.1, 0.15) is 22.8 Å². The van der Waals surface area contributed by atoms with Crippen LogP contribution in [0.25, 0.3) is 0 Å². The first-order valence-electron chi connectivity index (χ1n) is 6.52. The Labute approximate surface area is 128 Å². The number of thiophene rings is 1. The Kier molecular flexibility index (Phi) is 5.42. The van der Waals surface area contributed by atoms with E-state index < -0.39 is 18.0 Å². The van der Waals surface area contributed by atoms with E-state index in [-0.39, 0.29) is 12.2 Å². The molecule has 2 rings (SSSR count). The van der Waals surface area contributed by atoms with Crippen LogP contribution in [-0.2, 0) is 19.1 Å². The van der Waals surface area contributed by atoms with Gasteiger partial charge in [-0.25, -0.2) is 4.79 Å². The van der Waals surface area contributed by atoms with Gasteiger partial charge in [0.25, 0.3) is 0 Å². The van der Waals surface area contributed by atoms with Crippen molar-refractivity contribution < 1.29 is 22.5 Å². The normalized spacial score (nSPS) is 11.4. The Balaban J connectivity index is 1.64. The molecule has 5 nitrogen and oxygen atoms in total. The van der Waals surface area contributed by atoms with Crippen LogP contribution in [0.4, 0.5) is 18.0 Å².